The molecular formula is C19H22ClNO5. The molecule has 0 aromatic heterocycles. The number of nitrogens with one attached hydrogen (secondary N) is 1. The van der Waals surface area contributed by atoms with Gasteiger partial charge < -0.3 is 24.3 Å². The van der Waals surface area contributed by atoms with Gasteiger partial charge in [0.2, 0.25) is 5.75 Å². The Balaban J connectivity index is 2.03. The van der Waals surface area contributed by atoms with Crippen LogP contribution in [0.3, 0.4) is 0 Å². The van der Waals surface area contributed by atoms with Crippen LogP contribution < -0.4 is 24.3 Å². The average Bonchev–Trinajstić information content (AvgIpc) is 2.66. The van der Waals surface area contributed by atoms with E-state index in [1.807, 2.05) is 0 Å². The lowest BCUT2D eigenvalue weighted by Crippen LogP contribution is -2.35. The van der Waals surface area contributed by atoms with E-state index in [-0.39, 0.29) is 12.5 Å². The van der Waals surface area contributed by atoms with Gasteiger partial charge in [-0.3, -0.25) is 4.79 Å². The minimum atomic E-state index is -0.697. The fraction of sp³-hybridized carbons (Fsp3) is 0.316. The van der Waals surface area contributed by atoms with Gasteiger partial charge in [0, 0.05) is 6.54 Å². The molecule has 0 spiro atoms. The molecule has 1 atom stereocenters. The topological polar surface area (TPSA) is 66.0 Å². The molecule has 140 valence electrons. The Kier molecular flexibility index (Phi) is 6.97. The van der Waals surface area contributed by atoms with Crippen LogP contribution in [0.4, 0.5) is 0 Å². The van der Waals surface area contributed by atoms with Crippen LogP contribution in [-0.4, -0.2) is 33.3 Å². The van der Waals surface area contributed by atoms with Crippen LogP contribution in [0.15, 0.2) is 36.4 Å². The summed E-state index contributed by atoms with van der Waals surface area (Å²) in [6.07, 6.45) is -0.697. The van der Waals surface area contributed by atoms with E-state index >= 15 is 0 Å². The number of halogens is 1. The number of rotatable bonds is 8. The van der Waals surface area contributed by atoms with Crippen LogP contribution in [-0.2, 0) is 11.3 Å². The minimum Gasteiger partial charge on any atom is -0.493 e. The second kappa shape index (κ2) is 9.20. The van der Waals surface area contributed by atoms with E-state index in [2.05, 4.69) is 5.32 Å². The van der Waals surface area contributed by atoms with Crippen LogP contribution in [0.25, 0.3) is 0 Å². The van der Waals surface area contributed by atoms with Crippen molar-refractivity contribution >= 4 is 17.5 Å². The van der Waals surface area contributed by atoms with E-state index < -0.39 is 6.10 Å². The molecule has 2 rings (SSSR count). The predicted octanol–water partition coefficient (Wildman–Crippen LogP) is 3.45. The zero-order valence-corrected chi connectivity index (χ0v) is 15.9. The molecule has 26 heavy (non-hydrogen) atoms. The molecule has 0 aliphatic rings. The van der Waals surface area contributed by atoms with Crippen molar-refractivity contribution in [3.8, 4) is 23.0 Å². The third-order valence-electron chi connectivity index (χ3n) is 3.70. The highest BCUT2D eigenvalue weighted by Crippen LogP contribution is 2.38. The van der Waals surface area contributed by atoms with Crippen molar-refractivity contribution in [2.45, 2.75) is 19.6 Å². The normalized spacial score (nSPS) is 11.4. The van der Waals surface area contributed by atoms with Crippen molar-refractivity contribution in [1.29, 1.82) is 0 Å². The molecule has 2 aromatic rings. The van der Waals surface area contributed by atoms with Crippen molar-refractivity contribution in [1.82, 2.24) is 5.32 Å². The SMILES string of the molecule is COc1cc(CNC(=O)[C@H](C)Oc2ccccc2Cl)cc(OC)c1OC. The first-order valence-corrected chi connectivity index (χ1v) is 8.35. The van der Waals surface area contributed by atoms with Gasteiger partial charge in [-0.25, -0.2) is 0 Å². The molecular weight excluding hydrogens is 358 g/mol. The number of hydrogen-bond acceptors (Lipinski definition) is 5. The lowest BCUT2D eigenvalue weighted by atomic mass is 10.1. The molecule has 0 unspecified atom stereocenters. The fourth-order valence-electron chi connectivity index (χ4n) is 2.35. The zero-order valence-electron chi connectivity index (χ0n) is 15.2. The molecule has 0 bridgehead atoms. The Hall–Kier alpha value is -2.60. The monoisotopic (exact) mass is 379 g/mol. The van der Waals surface area contributed by atoms with E-state index in [1.54, 1.807) is 57.5 Å². The van der Waals surface area contributed by atoms with Gasteiger partial charge in [0.15, 0.2) is 17.6 Å². The Morgan fingerprint density at radius 2 is 1.65 bits per heavy atom. The molecule has 0 aliphatic heterocycles. The van der Waals surface area contributed by atoms with Gasteiger partial charge in [0.1, 0.15) is 5.75 Å². The van der Waals surface area contributed by atoms with Crippen LogP contribution in [0, 0.1) is 0 Å². The van der Waals surface area contributed by atoms with Gasteiger partial charge in [-0.1, -0.05) is 23.7 Å². The fourth-order valence-corrected chi connectivity index (χ4v) is 2.53. The summed E-state index contributed by atoms with van der Waals surface area (Å²) in [5.41, 5.74) is 0.804. The molecule has 0 aliphatic carbocycles. The Labute approximate surface area is 158 Å². The number of hydrogen-bond donors (Lipinski definition) is 1. The van der Waals surface area contributed by atoms with Crippen LogP contribution in [0.1, 0.15) is 12.5 Å². The maximum atomic E-state index is 12.3. The molecule has 0 radical (unpaired) electrons. The van der Waals surface area contributed by atoms with E-state index in [0.29, 0.717) is 28.0 Å². The van der Waals surface area contributed by atoms with Gasteiger partial charge in [0.25, 0.3) is 5.91 Å². The standard InChI is InChI=1S/C19H22ClNO5/c1-12(26-15-8-6-5-7-14(15)20)19(22)21-11-13-9-16(23-2)18(25-4)17(10-13)24-3/h5-10,12H,11H2,1-4H3,(H,21,22)/t12-/m0/s1. The first-order chi connectivity index (χ1) is 12.5. The second-order valence-electron chi connectivity index (χ2n) is 5.44. The molecule has 1 amide bonds. The Morgan fingerprint density at radius 3 is 2.19 bits per heavy atom. The molecule has 2 aromatic carbocycles. The van der Waals surface area contributed by atoms with Gasteiger partial charge in [-0.15, -0.1) is 0 Å². The average molecular weight is 380 g/mol. The largest absolute Gasteiger partial charge is 0.493 e. The molecule has 0 heterocycles. The third kappa shape index (κ3) is 4.73. The van der Waals surface area contributed by atoms with Crippen LogP contribution in [0.2, 0.25) is 5.02 Å². The summed E-state index contributed by atoms with van der Waals surface area (Å²) >= 11 is 6.04. The quantitative estimate of drug-likeness (QED) is 0.761. The Morgan fingerprint density at radius 1 is 1.04 bits per heavy atom. The highest BCUT2D eigenvalue weighted by atomic mass is 35.5. The summed E-state index contributed by atoms with van der Waals surface area (Å²) in [4.78, 5) is 12.3. The van der Waals surface area contributed by atoms with Gasteiger partial charge in [-0.2, -0.15) is 0 Å². The number of para-hydroxylation sites is 1. The zero-order chi connectivity index (χ0) is 19.1. The van der Waals surface area contributed by atoms with Gasteiger partial charge in [0.05, 0.1) is 26.4 Å². The number of carbonyl (C=O) groups excluding carboxylic acids is 1. The van der Waals surface area contributed by atoms with Crippen molar-refractivity contribution in [3.63, 3.8) is 0 Å². The van der Waals surface area contributed by atoms with Gasteiger partial charge in [-0.05, 0) is 36.8 Å². The third-order valence-corrected chi connectivity index (χ3v) is 4.01. The molecule has 7 heteroatoms. The summed E-state index contributed by atoms with van der Waals surface area (Å²) in [6.45, 7) is 1.94. The van der Waals surface area contributed by atoms with Gasteiger partial charge >= 0.3 is 0 Å². The highest BCUT2D eigenvalue weighted by molar-refractivity contribution is 6.32. The van der Waals surface area contributed by atoms with E-state index in [9.17, 15) is 4.79 Å². The van der Waals surface area contributed by atoms with Crippen LogP contribution in [0.5, 0.6) is 23.0 Å². The molecule has 6 nitrogen and oxygen atoms in total. The first-order valence-electron chi connectivity index (χ1n) is 7.98. The number of carbonyl (C=O) groups is 1. The molecule has 0 saturated heterocycles. The smallest absolute Gasteiger partial charge is 0.261 e. The van der Waals surface area contributed by atoms with Crippen molar-refractivity contribution in [2.75, 3.05) is 21.3 Å². The Bertz CT molecular complexity index is 740. The van der Waals surface area contributed by atoms with E-state index in [1.165, 1.54) is 7.11 Å². The van der Waals surface area contributed by atoms with E-state index in [4.69, 9.17) is 30.5 Å². The summed E-state index contributed by atoms with van der Waals surface area (Å²) in [5, 5.41) is 3.27. The number of ether oxygens (including phenoxy) is 4. The number of methoxy groups -OCH3 is 3. The molecule has 0 saturated carbocycles. The molecule has 1 N–H and O–H groups in total. The van der Waals surface area contributed by atoms with Crippen molar-refractivity contribution < 1.29 is 23.7 Å². The lowest BCUT2D eigenvalue weighted by molar-refractivity contribution is -0.127. The van der Waals surface area contributed by atoms with E-state index in [0.717, 1.165) is 5.56 Å². The number of amides is 1. The maximum absolute atomic E-state index is 12.3. The molecule has 0 fully saturated rings. The summed E-state index contributed by atoms with van der Waals surface area (Å²) < 4.78 is 21.5. The van der Waals surface area contributed by atoms with Crippen molar-refractivity contribution in [2.24, 2.45) is 0 Å². The summed E-state index contributed by atoms with van der Waals surface area (Å²) in [7, 11) is 4.62. The maximum Gasteiger partial charge on any atom is 0.261 e. The second-order valence-corrected chi connectivity index (χ2v) is 5.85. The predicted molar refractivity (Wildman–Crippen MR) is 99.5 cm³/mol. The van der Waals surface area contributed by atoms with Crippen LogP contribution >= 0.6 is 11.6 Å². The lowest BCUT2D eigenvalue weighted by Gasteiger charge is -2.17. The highest BCUT2D eigenvalue weighted by Gasteiger charge is 2.17. The summed E-state index contributed by atoms with van der Waals surface area (Å²) in [6, 6.07) is 10.6. The number of benzene rings is 2. The first kappa shape index (κ1) is 19.7. The summed E-state index contributed by atoms with van der Waals surface area (Å²) in [5.74, 6) is 1.75. The van der Waals surface area contributed by atoms with Crippen molar-refractivity contribution in [3.05, 3.63) is 47.0 Å². The minimum absolute atomic E-state index is 0.265.